The summed E-state index contributed by atoms with van der Waals surface area (Å²) in [6.45, 7) is 6.14. The van der Waals surface area contributed by atoms with Gasteiger partial charge < -0.3 is 5.73 Å². The molecule has 2 unspecified atom stereocenters. The molecular formula is C12H20N2O2. The van der Waals surface area contributed by atoms with E-state index in [2.05, 4.69) is 6.92 Å². The first-order chi connectivity index (χ1) is 7.38. The van der Waals surface area contributed by atoms with Crippen molar-refractivity contribution < 1.29 is 9.59 Å². The summed E-state index contributed by atoms with van der Waals surface area (Å²) in [5, 5.41) is 0. The second kappa shape index (κ2) is 3.55. The topological polar surface area (TPSA) is 63.4 Å². The quantitative estimate of drug-likeness (QED) is 0.704. The average molecular weight is 224 g/mol. The van der Waals surface area contributed by atoms with Gasteiger partial charge in [0.05, 0.1) is 17.4 Å². The zero-order valence-corrected chi connectivity index (χ0v) is 10.2. The number of hydrogen-bond donors (Lipinski definition) is 1. The third kappa shape index (κ3) is 1.47. The Morgan fingerprint density at radius 1 is 1.25 bits per heavy atom. The van der Waals surface area contributed by atoms with Gasteiger partial charge in [-0.3, -0.25) is 14.5 Å². The number of hydrogen-bond acceptors (Lipinski definition) is 3. The predicted octanol–water partition coefficient (Wildman–Crippen LogP) is 0.755. The van der Waals surface area contributed by atoms with E-state index >= 15 is 0 Å². The lowest BCUT2D eigenvalue weighted by Gasteiger charge is -2.33. The smallest absolute Gasteiger partial charge is 0.233 e. The van der Waals surface area contributed by atoms with Crippen LogP contribution in [0.1, 0.15) is 33.6 Å². The van der Waals surface area contributed by atoms with Crippen molar-refractivity contribution in [1.29, 1.82) is 0 Å². The minimum Gasteiger partial charge on any atom is -0.328 e. The van der Waals surface area contributed by atoms with E-state index < -0.39 is 5.54 Å². The molecule has 1 aliphatic heterocycles. The molecule has 0 bridgehead atoms. The van der Waals surface area contributed by atoms with Crippen LogP contribution in [-0.4, -0.2) is 28.8 Å². The van der Waals surface area contributed by atoms with Crippen molar-refractivity contribution in [3.63, 3.8) is 0 Å². The molecule has 2 aliphatic rings. The second-order valence-electron chi connectivity index (χ2n) is 5.82. The highest BCUT2D eigenvalue weighted by Gasteiger charge is 2.55. The fourth-order valence-electron chi connectivity index (χ4n) is 2.97. The maximum Gasteiger partial charge on any atom is 0.233 e. The molecule has 0 spiro atoms. The molecule has 2 rings (SSSR count). The van der Waals surface area contributed by atoms with Crippen LogP contribution in [0.5, 0.6) is 0 Å². The van der Waals surface area contributed by atoms with E-state index in [1.54, 1.807) is 0 Å². The highest BCUT2D eigenvalue weighted by atomic mass is 16.2. The molecule has 1 saturated heterocycles. The standard InChI is InChI=1S/C12H20N2O2/c1-7-4-8-9(5-7)11(16)14(10(8)15)12(2,3)6-13/h7-9H,4-6,13H2,1-3H3. The van der Waals surface area contributed by atoms with Crippen LogP contribution in [0.25, 0.3) is 0 Å². The van der Waals surface area contributed by atoms with Crippen molar-refractivity contribution in [3.8, 4) is 0 Å². The van der Waals surface area contributed by atoms with Gasteiger partial charge in [-0.2, -0.15) is 0 Å². The first-order valence-electron chi connectivity index (χ1n) is 5.96. The zero-order valence-electron chi connectivity index (χ0n) is 10.2. The number of rotatable bonds is 2. The van der Waals surface area contributed by atoms with E-state index in [1.807, 2.05) is 13.8 Å². The Balaban J connectivity index is 2.27. The molecule has 1 aliphatic carbocycles. The third-order valence-electron chi connectivity index (χ3n) is 3.98. The predicted molar refractivity (Wildman–Crippen MR) is 60.4 cm³/mol. The first kappa shape index (κ1) is 11.6. The van der Waals surface area contributed by atoms with Gasteiger partial charge in [-0.15, -0.1) is 0 Å². The van der Waals surface area contributed by atoms with Crippen molar-refractivity contribution in [3.05, 3.63) is 0 Å². The van der Waals surface area contributed by atoms with Crippen molar-refractivity contribution >= 4 is 11.8 Å². The van der Waals surface area contributed by atoms with Gasteiger partial charge in [0, 0.05) is 6.54 Å². The number of imide groups is 1. The average Bonchev–Trinajstić information content (AvgIpc) is 2.68. The van der Waals surface area contributed by atoms with Gasteiger partial charge in [0.2, 0.25) is 11.8 Å². The fraction of sp³-hybridized carbons (Fsp3) is 0.833. The number of carbonyl (C=O) groups is 2. The van der Waals surface area contributed by atoms with Crippen molar-refractivity contribution in [2.24, 2.45) is 23.5 Å². The summed E-state index contributed by atoms with van der Waals surface area (Å²) in [6.07, 6.45) is 1.71. The molecule has 0 aromatic rings. The molecule has 2 N–H and O–H groups in total. The largest absolute Gasteiger partial charge is 0.328 e. The lowest BCUT2D eigenvalue weighted by molar-refractivity contribution is -0.146. The number of carbonyl (C=O) groups excluding carboxylic acids is 2. The summed E-state index contributed by atoms with van der Waals surface area (Å²) < 4.78 is 0. The van der Waals surface area contributed by atoms with E-state index in [0.29, 0.717) is 12.5 Å². The fourth-order valence-corrected chi connectivity index (χ4v) is 2.97. The first-order valence-corrected chi connectivity index (χ1v) is 5.96. The maximum atomic E-state index is 12.2. The SMILES string of the molecule is CC1CC2C(=O)N(C(C)(C)CN)C(=O)C2C1. The van der Waals surface area contributed by atoms with Crippen LogP contribution in [0.4, 0.5) is 0 Å². The number of amides is 2. The van der Waals surface area contributed by atoms with Gasteiger partial charge in [-0.25, -0.2) is 0 Å². The van der Waals surface area contributed by atoms with Gasteiger partial charge >= 0.3 is 0 Å². The molecule has 90 valence electrons. The summed E-state index contributed by atoms with van der Waals surface area (Å²) >= 11 is 0. The molecule has 16 heavy (non-hydrogen) atoms. The van der Waals surface area contributed by atoms with Gasteiger partial charge in [0.25, 0.3) is 0 Å². The van der Waals surface area contributed by atoms with Crippen LogP contribution < -0.4 is 5.73 Å². The van der Waals surface area contributed by atoms with E-state index in [0.717, 1.165) is 12.8 Å². The molecule has 2 atom stereocenters. The minimum absolute atomic E-state index is 0.00481. The Kier molecular flexibility index (Phi) is 2.57. The van der Waals surface area contributed by atoms with E-state index in [-0.39, 0.29) is 23.7 Å². The molecule has 2 amide bonds. The van der Waals surface area contributed by atoms with Crippen molar-refractivity contribution in [2.75, 3.05) is 6.54 Å². The van der Waals surface area contributed by atoms with Crippen LogP contribution in [0.15, 0.2) is 0 Å². The lowest BCUT2D eigenvalue weighted by atomic mass is 10.00. The van der Waals surface area contributed by atoms with Crippen molar-refractivity contribution in [1.82, 2.24) is 4.90 Å². The number of nitrogens with zero attached hydrogens (tertiary/aromatic N) is 1. The van der Waals surface area contributed by atoms with Crippen LogP contribution in [0.2, 0.25) is 0 Å². The molecule has 0 radical (unpaired) electrons. The Labute approximate surface area is 96.2 Å². The number of likely N-dealkylation sites (tertiary alicyclic amines) is 1. The van der Waals surface area contributed by atoms with Crippen LogP contribution in [-0.2, 0) is 9.59 Å². The normalized spacial score (nSPS) is 34.8. The monoisotopic (exact) mass is 224 g/mol. The number of fused-ring (bicyclic) bond motifs is 1. The molecule has 0 aromatic heterocycles. The van der Waals surface area contributed by atoms with Gasteiger partial charge in [0.15, 0.2) is 0 Å². The van der Waals surface area contributed by atoms with Crippen molar-refractivity contribution in [2.45, 2.75) is 39.2 Å². The van der Waals surface area contributed by atoms with Crippen LogP contribution >= 0.6 is 0 Å². The summed E-state index contributed by atoms with van der Waals surface area (Å²) in [5.41, 5.74) is 5.10. The van der Waals surface area contributed by atoms with Crippen LogP contribution in [0.3, 0.4) is 0 Å². The Morgan fingerprint density at radius 2 is 1.69 bits per heavy atom. The van der Waals surface area contributed by atoms with Crippen LogP contribution in [0, 0.1) is 17.8 Å². The Bertz CT molecular complexity index is 314. The highest BCUT2D eigenvalue weighted by Crippen LogP contribution is 2.44. The molecule has 1 heterocycles. The van der Waals surface area contributed by atoms with E-state index in [1.165, 1.54) is 4.90 Å². The number of nitrogens with two attached hydrogens (primary N) is 1. The second-order valence-corrected chi connectivity index (χ2v) is 5.82. The minimum atomic E-state index is -0.540. The van der Waals surface area contributed by atoms with Gasteiger partial charge in [-0.05, 0) is 32.6 Å². The summed E-state index contributed by atoms with van der Waals surface area (Å²) in [4.78, 5) is 25.8. The molecule has 2 fully saturated rings. The third-order valence-corrected chi connectivity index (χ3v) is 3.98. The summed E-state index contributed by atoms with van der Waals surface area (Å²) in [7, 11) is 0. The zero-order chi connectivity index (χ0) is 12.1. The highest BCUT2D eigenvalue weighted by molar-refractivity contribution is 6.06. The van der Waals surface area contributed by atoms with E-state index in [9.17, 15) is 9.59 Å². The molecule has 1 saturated carbocycles. The Hall–Kier alpha value is -0.900. The summed E-state index contributed by atoms with van der Waals surface area (Å²) in [6, 6.07) is 0. The van der Waals surface area contributed by atoms with Gasteiger partial charge in [0.1, 0.15) is 0 Å². The lowest BCUT2D eigenvalue weighted by Crippen LogP contribution is -2.53. The Morgan fingerprint density at radius 3 is 2.06 bits per heavy atom. The molecular weight excluding hydrogens is 204 g/mol. The van der Waals surface area contributed by atoms with E-state index in [4.69, 9.17) is 5.73 Å². The molecule has 4 nitrogen and oxygen atoms in total. The maximum absolute atomic E-state index is 12.2. The van der Waals surface area contributed by atoms with Gasteiger partial charge in [-0.1, -0.05) is 6.92 Å². The molecule has 0 aromatic carbocycles. The molecule has 4 heteroatoms. The summed E-state index contributed by atoms with van der Waals surface area (Å²) in [5.74, 6) is 0.331.